The fourth-order valence-electron chi connectivity index (χ4n) is 5.24. The van der Waals surface area contributed by atoms with Crippen LogP contribution in [-0.2, 0) is 21.4 Å². The Morgan fingerprint density at radius 2 is 1.79 bits per heavy atom. The molecule has 5 rings (SSSR count). The van der Waals surface area contributed by atoms with E-state index in [2.05, 4.69) is 18.0 Å². The van der Waals surface area contributed by atoms with E-state index in [4.69, 9.17) is 24.5 Å². The average Bonchev–Trinajstić information content (AvgIpc) is 2.97. The number of hydrogen-bond donors (Lipinski definition) is 4. The number of hydrogen-bond acceptors (Lipinski definition) is 6. The lowest BCUT2D eigenvalue weighted by molar-refractivity contribution is -0.135. The number of carbonyl (C=O) groups is 2. The monoisotopic (exact) mass is 405 g/mol. The van der Waals surface area contributed by atoms with Gasteiger partial charge in [-0.25, -0.2) is 0 Å². The predicted octanol–water partition coefficient (Wildman–Crippen LogP) is 1.38. The summed E-state index contributed by atoms with van der Waals surface area (Å²) in [5.74, 6) is -0.477. The Balaban J connectivity index is 0.000000261. The number of rotatable bonds is 0. The summed E-state index contributed by atoms with van der Waals surface area (Å²) in [6, 6.07) is 4.23. The van der Waals surface area contributed by atoms with E-state index >= 15 is 0 Å². The lowest BCUT2D eigenvalue weighted by Crippen LogP contribution is -2.64. The molecule has 1 aromatic rings. The second kappa shape index (κ2) is 7.68. The molecule has 2 bridgehead atoms. The molecule has 2 heterocycles. The van der Waals surface area contributed by atoms with Crippen molar-refractivity contribution in [1.82, 2.24) is 4.90 Å². The van der Waals surface area contributed by atoms with Crippen LogP contribution >= 0.6 is 0 Å². The van der Waals surface area contributed by atoms with E-state index in [-0.39, 0.29) is 17.3 Å². The van der Waals surface area contributed by atoms with Gasteiger partial charge in [-0.2, -0.15) is 0 Å². The van der Waals surface area contributed by atoms with E-state index in [0.717, 1.165) is 33.2 Å². The number of phenolic OH excluding ortho intramolecular Hbond substituents is 1. The quantitative estimate of drug-likeness (QED) is 0.477. The molecule has 158 valence electrons. The maximum absolute atomic E-state index is 10.4. The van der Waals surface area contributed by atoms with Crippen molar-refractivity contribution < 1.29 is 34.8 Å². The molecule has 4 aliphatic rings. The number of aromatic hydroxyl groups is 1. The number of benzene rings is 1. The van der Waals surface area contributed by atoms with Crippen molar-refractivity contribution in [1.29, 1.82) is 0 Å². The Bertz CT molecular complexity index is 832. The zero-order valence-corrected chi connectivity index (χ0v) is 16.7. The lowest BCUT2D eigenvalue weighted by Gasteiger charge is -2.56. The van der Waals surface area contributed by atoms with Crippen LogP contribution in [0.1, 0.15) is 31.4 Å². The molecule has 0 aromatic heterocycles. The topological polar surface area (TPSA) is 128 Å². The fraction of sp³-hybridized carbons (Fsp3) is 0.524. The molecule has 1 fully saturated rings. The van der Waals surface area contributed by atoms with Crippen molar-refractivity contribution in [3.8, 4) is 11.5 Å². The van der Waals surface area contributed by atoms with Gasteiger partial charge in [0.05, 0.1) is 0 Å². The number of likely N-dealkylation sites (tertiary alicyclic amines) is 1. The van der Waals surface area contributed by atoms with Gasteiger partial charge >= 0.3 is 0 Å². The highest BCUT2D eigenvalue weighted by atomic mass is 16.5. The number of likely N-dealkylation sites (N-methyl/N-ethyl adjacent to an activating group) is 1. The van der Waals surface area contributed by atoms with Crippen LogP contribution in [-0.4, -0.2) is 69.1 Å². The molecule has 4 N–H and O–H groups in total. The Kier molecular flexibility index (Phi) is 5.60. The lowest BCUT2D eigenvalue weighted by atomic mass is 9.53. The van der Waals surface area contributed by atoms with Crippen LogP contribution in [0.25, 0.3) is 0 Å². The Hall–Kier alpha value is -2.58. The number of phenols is 1. The molecule has 29 heavy (non-hydrogen) atoms. The summed E-state index contributed by atoms with van der Waals surface area (Å²) in [5.41, 5.74) is 2.29. The van der Waals surface area contributed by atoms with E-state index in [9.17, 15) is 10.2 Å². The van der Waals surface area contributed by atoms with Crippen molar-refractivity contribution in [3.63, 3.8) is 0 Å². The standard InChI is InChI=1S/C17H19NO3.2C2H4O2/c1-18-7-6-17-10-3-5-13(20)16(17)21-15-12(19)4-2-9(14(15)17)8-11(10)18;2*1-2(3)4/h2-5,10-11,13,16,19-20H,6-8H2,1H3;2*1H3,(H,3,4)/t10-,11+,13?,16?,17-;;/m0../s1. The smallest absolute Gasteiger partial charge is 0.300 e. The van der Waals surface area contributed by atoms with Gasteiger partial charge in [-0.05, 0) is 38.1 Å². The highest BCUT2D eigenvalue weighted by Gasteiger charge is 2.64. The number of aliphatic carboxylic acids is 2. The Morgan fingerprint density at radius 3 is 2.41 bits per heavy atom. The van der Waals surface area contributed by atoms with Crippen molar-refractivity contribution >= 4 is 11.9 Å². The molecule has 5 atom stereocenters. The summed E-state index contributed by atoms with van der Waals surface area (Å²) >= 11 is 0. The molecule has 1 aromatic carbocycles. The van der Waals surface area contributed by atoms with E-state index in [1.54, 1.807) is 6.07 Å². The highest BCUT2D eigenvalue weighted by molar-refractivity contribution is 5.63. The SMILES string of the molecule is CC(=O)O.CC(=O)O.CN1CC[C@]23c4c5ccc(O)c4OC2C(O)C=C[C@H]3[C@H]1C5. The minimum absolute atomic E-state index is 0.160. The van der Waals surface area contributed by atoms with E-state index in [1.807, 2.05) is 12.1 Å². The van der Waals surface area contributed by atoms with Gasteiger partial charge in [0.25, 0.3) is 11.9 Å². The number of aliphatic hydroxyl groups excluding tert-OH is 1. The molecule has 1 saturated heterocycles. The molecule has 8 nitrogen and oxygen atoms in total. The maximum Gasteiger partial charge on any atom is 0.300 e. The van der Waals surface area contributed by atoms with Gasteiger partial charge < -0.3 is 30.1 Å². The van der Waals surface area contributed by atoms with Crippen molar-refractivity contribution in [2.24, 2.45) is 5.92 Å². The maximum atomic E-state index is 10.4. The normalized spacial score (nSPS) is 32.6. The van der Waals surface area contributed by atoms with Crippen molar-refractivity contribution in [2.75, 3.05) is 13.6 Å². The van der Waals surface area contributed by atoms with E-state index < -0.39 is 18.0 Å². The fourth-order valence-corrected chi connectivity index (χ4v) is 5.24. The summed E-state index contributed by atoms with van der Waals surface area (Å²) in [7, 11) is 2.19. The summed E-state index contributed by atoms with van der Waals surface area (Å²) in [4.78, 5) is 20.4. The van der Waals surface area contributed by atoms with Crippen LogP contribution < -0.4 is 4.74 Å². The number of carboxylic acid groups (broad SMARTS) is 2. The first kappa shape index (κ1) is 21.1. The van der Waals surface area contributed by atoms with Crippen LogP contribution in [0.15, 0.2) is 24.3 Å². The molecule has 8 heteroatoms. The van der Waals surface area contributed by atoms with Crippen LogP contribution in [0.2, 0.25) is 0 Å². The average molecular weight is 405 g/mol. The first-order valence-electron chi connectivity index (χ1n) is 9.57. The minimum Gasteiger partial charge on any atom is -0.504 e. The van der Waals surface area contributed by atoms with E-state index in [1.165, 1.54) is 11.1 Å². The molecular formula is C21H27NO7. The molecule has 2 unspecified atom stereocenters. The van der Waals surface area contributed by atoms with Crippen LogP contribution in [0.4, 0.5) is 0 Å². The van der Waals surface area contributed by atoms with Crippen molar-refractivity contribution in [3.05, 3.63) is 35.4 Å². The summed E-state index contributed by atoms with van der Waals surface area (Å²) in [6.07, 6.45) is 5.18. The molecule has 0 amide bonds. The molecular weight excluding hydrogens is 378 g/mol. The minimum atomic E-state index is -0.833. The second-order valence-electron chi connectivity index (χ2n) is 7.97. The zero-order valence-electron chi connectivity index (χ0n) is 16.7. The van der Waals surface area contributed by atoms with E-state index in [0.29, 0.717) is 17.7 Å². The highest BCUT2D eigenvalue weighted by Crippen LogP contribution is 2.62. The number of ether oxygens (including phenoxy) is 1. The zero-order chi connectivity index (χ0) is 21.5. The number of aliphatic hydroxyl groups is 1. The number of piperidine rings is 1. The predicted molar refractivity (Wildman–Crippen MR) is 104 cm³/mol. The summed E-state index contributed by atoms with van der Waals surface area (Å²) in [6.45, 7) is 3.18. The van der Waals surface area contributed by atoms with Gasteiger partial charge in [-0.3, -0.25) is 9.59 Å². The van der Waals surface area contributed by atoms with Gasteiger partial charge in [-0.1, -0.05) is 18.2 Å². The first-order valence-corrected chi connectivity index (χ1v) is 9.57. The molecule has 2 aliphatic carbocycles. The van der Waals surface area contributed by atoms with Gasteiger partial charge in [0.2, 0.25) is 0 Å². The molecule has 1 spiro atoms. The molecule has 0 radical (unpaired) electrons. The molecule has 2 aliphatic heterocycles. The summed E-state index contributed by atoms with van der Waals surface area (Å²) < 4.78 is 6.09. The first-order chi connectivity index (χ1) is 13.6. The Labute approximate surface area is 169 Å². The third-order valence-electron chi connectivity index (χ3n) is 6.15. The van der Waals surface area contributed by atoms with Crippen molar-refractivity contribution in [2.45, 2.75) is 50.4 Å². The van der Waals surface area contributed by atoms with Gasteiger partial charge in [0.1, 0.15) is 12.2 Å². The molecule has 0 saturated carbocycles. The van der Waals surface area contributed by atoms with Crippen LogP contribution in [0.3, 0.4) is 0 Å². The third kappa shape index (κ3) is 3.47. The Morgan fingerprint density at radius 1 is 1.17 bits per heavy atom. The van der Waals surface area contributed by atoms with Gasteiger partial charge in [0.15, 0.2) is 11.5 Å². The summed E-state index contributed by atoms with van der Waals surface area (Å²) in [5, 5.41) is 35.5. The largest absolute Gasteiger partial charge is 0.504 e. The van der Waals surface area contributed by atoms with Gasteiger partial charge in [0, 0.05) is 36.8 Å². The van der Waals surface area contributed by atoms with Crippen LogP contribution in [0.5, 0.6) is 11.5 Å². The van der Waals surface area contributed by atoms with Gasteiger partial charge in [-0.15, -0.1) is 0 Å². The number of nitrogens with zero attached hydrogens (tertiary/aromatic N) is 1. The third-order valence-corrected chi connectivity index (χ3v) is 6.15. The second-order valence-corrected chi connectivity index (χ2v) is 7.97. The van der Waals surface area contributed by atoms with Crippen LogP contribution in [0, 0.1) is 5.92 Å². The number of carboxylic acids is 2.